The Balaban J connectivity index is 0.990. The molecule has 1 saturated heterocycles. The minimum Gasteiger partial charge on any atom is -0.335 e. The summed E-state index contributed by atoms with van der Waals surface area (Å²) in [7, 11) is 0. The van der Waals surface area contributed by atoms with Crippen molar-refractivity contribution in [1.29, 1.82) is 0 Å². The van der Waals surface area contributed by atoms with Crippen molar-refractivity contribution in [2.75, 3.05) is 6.54 Å². The van der Waals surface area contributed by atoms with Gasteiger partial charge in [0.05, 0.1) is 6.04 Å². The molecule has 2 aliphatic heterocycles. The summed E-state index contributed by atoms with van der Waals surface area (Å²) in [6.07, 6.45) is 8.49. The third-order valence-corrected chi connectivity index (χ3v) is 8.75. The molecule has 2 N–H and O–H groups in total. The molecule has 4 heteroatoms. The summed E-state index contributed by atoms with van der Waals surface area (Å²) in [6, 6.07) is 30.9. The van der Waals surface area contributed by atoms with E-state index < -0.39 is 0 Å². The summed E-state index contributed by atoms with van der Waals surface area (Å²) in [5, 5.41) is 6.52. The summed E-state index contributed by atoms with van der Waals surface area (Å²) in [5.41, 5.74) is 5.36. The van der Waals surface area contributed by atoms with Crippen LogP contribution in [0.5, 0.6) is 0 Å². The molecule has 3 aromatic carbocycles. The number of amides is 2. The van der Waals surface area contributed by atoms with E-state index in [0.717, 1.165) is 29.9 Å². The van der Waals surface area contributed by atoms with Crippen molar-refractivity contribution in [3.05, 3.63) is 107 Å². The first-order valence-corrected chi connectivity index (χ1v) is 13.8. The fraction of sp³-hybridized carbons (Fsp3) is 0.406. The Hall–Kier alpha value is -3.11. The molecule has 2 bridgehead atoms. The van der Waals surface area contributed by atoms with Crippen molar-refractivity contribution < 1.29 is 4.79 Å². The summed E-state index contributed by atoms with van der Waals surface area (Å²) >= 11 is 0. The van der Waals surface area contributed by atoms with E-state index in [1.54, 1.807) is 11.1 Å². The van der Waals surface area contributed by atoms with Crippen molar-refractivity contribution in [2.45, 2.75) is 69.1 Å². The molecule has 4 nitrogen and oxygen atoms in total. The van der Waals surface area contributed by atoms with Gasteiger partial charge in [0.2, 0.25) is 0 Å². The Kier molecular flexibility index (Phi) is 6.78. The Morgan fingerprint density at radius 3 is 1.81 bits per heavy atom. The number of urea groups is 1. The normalized spacial score (nSPS) is 25.0. The second-order valence-electron chi connectivity index (χ2n) is 10.9. The van der Waals surface area contributed by atoms with Gasteiger partial charge in [-0.05, 0) is 79.7 Å². The van der Waals surface area contributed by atoms with Gasteiger partial charge in [0.1, 0.15) is 0 Å². The number of carbonyl (C=O) groups excluding carboxylic acids is 1. The second kappa shape index (κ2) is 10.5. The maximum absolute atomic E-state index is 13.0. The van der Waals surface area contributed by atoms with Gasteiger partial charge in [0.15, 0.2) is 0 Å². The Morgan fingerprint density at radius 2 is 1.25 bits per heavy atom. The molecule has 186 valence electrons. The van der Waals surface area contributed by atoms with Gasteiger partial charge in [-0.25, -0.2) is 4.79 Å². The van der Waals surface area contributed by atoms with Gasteiger partial charge in [0.25, 0.3) is 0 Å². The van der Waals surface area contributed by atoms with E-state index in [1.807, 2.05) is 36.4 Å². The van der Waals surface area contributed by atoms with Crippen LogP contribution in [-0.4, -0.2) is 23.5 Å². The smallest absolute Gasteiger partial charge is 0.315 e. The zero-order valence-corrected chi connectivity index (χ0v) is 21.0. The number of nitrogens with one attached hydrogen (secondary N) is 2. The van der Waals surface area contributed by atoms with Crippen LogP contribution in [0.3, 0.4) is 0 Å². The zero-order valence-electron chi connectivity index (χ0n) is 21.0. The molecule has 1 aliphatic carbocycles. The lowest BCUT2D eigenvalue weighted by atomic mass is 9.84. The van der Waals surface area contributed by atoms with Crippen LogP contribution in [0, 0.1) is 5.92 Å². The highest BCUT2D eigenvalue weighted by molar-refractivity contribution is 5.75. The maximum Gasteiger partial charge on any atom is 0.315 e. The first-order valence-electron chi connectivity index (χ1n) is 13.8. The van der Waals surface area contributed by atoms with Crippen LogP contribution in [-0.2, 0) is 0 Å². The predicted molar refractivity (Wildman–Crippen MR) is 145 cm³/mol. The van der Waals surface area contributed by atoms with E-state index in [0.29, 0.717) is 12.1 Å². The van der Waals surface area contributed by atoms with Gasteiger partial charge in [-0.1, -0.05) is 84.9 Å². The van der Waals surface area contributed by atoms with E-state index in [4.69, 9.17) is 0 Å². The van der Waals surface area contributed by atoms with Crippen LogP contribution in [0.4, 0.5) is 4.79 Å². The fourth-order valence-electron chi connectivity index (χ4n) is 6.90. The quantitative estimate of drug-likeness (QED) is 0.386. The molecule has 2 fully saturated rings. The summed E-state index contributed by atoms with van der Waals surface area (Å²) in [4.78, 5) is 15.8. The molecule has 0 radical (unpaired) electrons. The monoisotopic (exact) mass is 479 g/mol. The number of carbonyl (C=O) groups is 1. The molecule has 36 heavy (non-hydrogen) atoms. The molecule has 3 aromatic rings. The minimum absolute atomic E-state index is 0.0671. The summed E-state index contributed by atoms with van der Waals surface area (Å²) in [6.45, 7) is 1.21. The van der Waals surface area contributed by atoms with Crippen molar-refractivity contribution in [3.63, 3.8) is 0 Å². The highest BCUT2D eigenvalue weighted by Gasteiger charge is 2.43. The molecule has 1 saturated carbocycles. The zero-order chi connectivity index (χ0) is 24.3. The van der Waals surface area contributed by atoms with E-state index in [9.17, 15) is 4.79 Å². The molecule has 2 atom stereocenters. The molecule has 3 aliphatic rings. The van der Waals surface area contributed by atoms with Crippen molar-refractivity contribution in [1.82, 2.24) is 15.5 Å². The van der Waals surface area contributed by atoms with E-state index in [-0.39, 0.29) is 18.1 Å². The number of rotatable bonds is 7. The molecule has 2 unspecified atom stereocenters. The van der Waals surface area contributed by atoms with Gasteiger partial charge in [-0.3, -0.25) is 4.90 Å². The lowest BCUT2D eigenvalue weighted by molar-refractivity contribution is 0.185. The number of hydrogen-bond donors (Lipinski definition) is 2. The number of hydrogen-bond acceptors (Lipinski definition) is 2. The lowest BCUT2D eigenvalue weighted by Crippen LogP contribution is -2.45. The van der Waals surface area contributed by atoms with Crippen molar-refractivity contribution in [3.8, 4) is 0 Å². The lowest BCUT2D eigenvalue weighted by Gasteiger charge is -2.31. The van der Waals surface area contributed by atoms with Gasteiger partial charge in [-0.2, -0.15) is 0 Å². The molecule has 6 rings (SSSR count). The van der Waals surface area contributed by atoms with Crippen LogP contribution in [0.25, 0.3) is 0 Å². The van der Waals surface area contributed by atoms with Crippen LogP contribution < -0.4 is 10.6 Å². The van der Waals surface area contributed by atoms with Crippen LogP contribution in [0.1, 0.15) is 85.3 Å². The van der Waals surface area contributed by atoms with E-state index >= 15 is 0 Å². The molecular formula is C32H37N3O. The predicted octanol–water partition coefficient (Wildman–Crippen LogP) is 6.92. The average Bonchev–Trinajstić information content (AvgIpc) is 3.48. The number of benzene rings is 3. The second-order valence-corrected chi connectivity index (χ2v) is 10.9. The third-order valence-electron chi connectivity index (χ3n) is 8.75. The summed E-state index contributed by atoms with van der Waals surface area (Å²) in [5.74, 6) is 0.774. The molecule has 2 heterocycles. The van der Waals surface area contributed by atoms with Crippen LogP contribution in [0.15, 0.2) is 84.9 Å². The first-order chi connectivity index (χ1) is 17.8. The van der Waals surface area contributed by atoms with Gasteiger partial charge in [-0.15, -0.1) is 0 Å². The molecule has 2 amide bonds. The molecular weight excluding hydrogens is 442 g/mol. The van der Waals surface area contributed by atoms with Crippen LogP contribution in [0.2, 0.25) is 0 Å². The van der Waals surface area contributed by atoms with E-state index in [1.165, 1.54) is 38.6 Å². The highest BCUT2D eigenvalue weighted by atomic mass is 16.2. The SMILES string of the molecule is O=C(NC(c1ccccc1)c1ccccc1)N[C@H]1CC[C@H](CCN2C3CCC2c2ccccc23)CC1. The largest absolute Gasteiger partial charge is 0.335 e. The Morgan fingerprint density at radius 1 is 0.722 bits per heavy atom. The van der Waals surface area contributed by atoms with E-state index in [2.05, 4.69) is 64.1 Å². The van der Waals surface area contributed by atoms with Crippen molar-refractivity contribution in [2.24, 2.45) is 5.92 Å². The minimum atomic E-state index is -0.149. The fourth-order valence-corrected chi connectivity index (χ4v) is 6.90. The highest BCUT2D eigenvalue weighted by Crippen LogP contribution is 2.53. The summed E-state index contributed by atoms with van der Waals surface area (Å²) < 4.78 is 0. The van der Waals surface area contributed by atoms with Gasteiger partial charge in [0, 0.05) is 18.1 Å². The molecule has 0 aromatic heterocycles. The average molecular weight is 480 g/mol. The standard InChI is InChI=1S/C32H37N3O/c36-32(34-31(24-9-3-1-4-10-24)25-11-5-2-6-12-25)33-26-17-15-23(16-18-26)21-22-35-29-19-20-30(35)28-14-8-7-13-27(28)29/h1-14,23,26,29-31H,15-22H2,(H2,33,34,36)/t23-,26-,29?,30?. The van der Waals surface area contributed by atoms with Crippen LogP contribution >= 0.6 is 0 Å². The van der Waals surface area contributed by atoms with Gasteiger partial charge >= 0.3 is 6.03 Å². The van der Waals surface area contributed by atoms with Crippen molar-refractivity contribution >= 4 is 6.03 Å². The number of nitrogens with zero attached hydrogens (tertiary/aromatic N) is 1. The Labute approximate surface area is 215 Å². The number of fused-ring (bicyclic) bond motifs is 5. The topological polar surface area (TPSA) is 44.4 Å². The third kappa shape index (κ3) is 4.79. The first kappa shape index (κ1) is 23.3. The van der Waals surface area contributed by atoms with Gasteiger partial charge < -0.3 is 10.6 Å². The maximum atomic E-state index is 13.0. The Bertz CT molecular complexity index is 1090. The molecule has 0 spiro atoms.